The monoisotopic (exact) mass is 346 g/mol. The van der Waals surface area contributed by atoms with E-state index in [0.717, 1.165) is 5.56 Å². The van der Waals surface area contributed by atoms with Gasteiger partial charge in [-0.3, -0.25) is 9.89 Å². The Balaban J connectivity index is 1.75. The second-order valence-corrected chi connectivity index (χ2v) is 5.04. The molecule has 5 N–H and O–H groups in total. The lowest BCUT2D eigenvalue weighted by molar-refractivity contribution is 0.0949. The predicted octanol–water partition coefficient (Wildman–Crippen LogP) is 0.261. The van der Waals surface area contributed by atoms with Crippen LogP contribution in [0.1, 0.15) is 16.1 Å². The summed E-state index contributed by atoms with van der Waals surface area (Å²) in [5.41, 5.74) is 7.17. The Morgan fingerprint density at radius 2 is 1.96 bits per heavy atom. The van der Waals surface area contributed by atoms with E-state index in [1.165, 1.54) is 6.20 Å². The lowest BCUT2D eigenvalue weighted by Gasteiger charge is -2.09. The highest BCUT2D eigenvalue weighted by Crippen LogP contribution is 2.27. The number of amides is 1. The number of nitrogens with two attached hydrogens (primary N) is 1. The van der Waals surface area contributed by atoms with Gasteiger partial charge in [-0.05, 0) is 23.8 Å². The van der Waals surface area contributed by atoms with Crippen molar-refractivity contribution in [3.05, 3.63) is 41.7 Å². The lowest BCUT2D eigenvalue weighted by atomic mass is 10.2. The molecule has 0 bridgehead atoms. The number of guanidine groups is 1. The number of rotatable bonds is 8. The van der Waals surface area contributed by atoms with Gasteiger partial charge in [0, 0.05) is 19.3 Å². The Hall–Kier alpha value is -3.23. The van der Waals surface area contributed by atoms with Gasteiger partial charge in [0.2, 0.25) is 0 Å². The maximum atomic E-state index is 11.7. The van der Waals surface area contributed by atoms with Gasteiger partial charge < -0.3 is 25.8 Å². The number of carbonyl (C=O) groups is 1. The second kappa shape index (κ2) is 9.16. The fraction of sp³-hybridized carbons (Fsp3) is 0.312. The van der Waals surface area contributed by atoms with Crippen molar-refractivity contribution >= 4 is 11.9 Å². The predicted molar refractivity (Wildman–Crippen MR) is 93.8 cm³/mol. The van der Waals surface area contributed by atoms with Crippen molar-refractivity contribution in [2.75, 3.05) is 27.3 Å². The molecule has 1 aromatic heterocycles. The molecule has 2 rings (SSSR count). The van der Waals surface area contributed by atoms with Crippen molar-refractivity contribution in [2.45, 2.75) is 6.54 Å². The number of nitrogens with one attached hydrogen (secondary N) is 3. The molecule has 0 unspecified atom stereocenters. The summed E-state index contributed by atoms with van der Waals surface area (Å²) in [4.78, 5) is 15.9. The van der Waals surface area contributed by atoms with Crippen molar-refractivity contribution in [1.82, 2.24) is 20.8 Å². The van der Waals surface area contributed by atoms with Gasteiger partial charge in [0.05, 0.1) is 20.8 Å². The number of H-pyrrole nitrogens is 1. The van der Waals surface area contributed by atoms with Crippen molar-refractivity contribution in [2.24, 2.45) is 10.7 Å². The Morgan fingerprint density at radius 3 is 2.64 bits per heavy atom. The van der Waals surface area contributed by atoms with Crippen LogP contribution in [0, 0.1) is 0 Å². The zero-order chi connectivity index (χ0) is 18.1. The van der Waals surface area contributed by atoms with Gasteiger partial charge in [-0.25, -0.2) is 4.99 Å². The first kappa shape index (κ1) is 18.1. The van der Waals surface area contributed by atoms with E-state index in [9.17, 15) is 4.79 Å². The van der Waals surface area contributed by atoms with Crippen molar-refractivity contribution in [3.8, 4) is 11.5 Å². The van der Waals surface area contributed by atoms with Crippen LogP contribution in [0.15, 0.2) is 35.5 Å². The molecule has 9 nitrogen and oxygen atoms in total. The molecule has 9 heteroatoms. The summed E-state index contributed by atoms with van der Waals surface area (Å²) in [5, 5.41) is 12.0. The molecule has 0 spiro atoms. The van der Waals surface area contributed by atoms with Crippen LogP contribution in [0.4, 0.5) is 0 Å². The average Bonchev–Trinajstić information content (AvgIpc) is 3.17. The van der Waals surface area contributed by atoms with Crippen LogP contribution < -0.4 is 25.8 Å². The topological polar surface area (TPSA) is 127 Å². The minimum absolute atomic E-state index is 0.222. The fourth-order valence-electron chi connectivity index (χ4n) is 2.06. The summed E-state index contributed by atoms with van der Waals surface area (Å²) in [6.45, 7) is 1.27. The molecule has 2 aromatic rings. The largest absolute Gasteiger partial charge is 0.493 e. The molecule has 0 atom stereocenters. The van der Waals surface area contributed by atoms with Crippen molar-refractivity contribution in [3.63, 3.8) is 0 Å². The first-order valence-electron chi connectivity index (χ1n) is 7.66. The molecule has 0 saturated carbocycles. The van der Waals surface area contributed by atoms with Gasteiger partial charge in [-0.1, -0.05) is 6.07 Å². The van der Waals surface area contributed by atoms with Crippen LogP contribution in [0.5, 0.6) is 11.5 Å². The highest BCUT2D eigenvalue weighted by molar-refractivity contribution is 5.92. The van der Waals surface area contributed by atoms with Gasteiger partial charge in [0.25, 0.3) is 5.91 Å². The number of methoxy groups -OCH3 is 2. The number of aromatic nitrogens is 2. The molecule has 1 heterocycles. The highest BCUT2D eigenvalue weighted by atomic mass is 16.5. The van der Waals surface area contributed by atoms with Crippen molar-refractivity contribution in [1.29, 1.82) is 0 Å². The van der Waals surface area contributed by atoms with E-state index < -0.39 is 0 Å². The van der Waals surface area contributed by atoms with Gasteiger partial charge >= 0.3 is 0 Å². The first-order valence-corrected chi connectivity index (χ1v) is 7.66. The summed E-state index contributed by atoms with van der Waals surface area (Å²) in [7, 11) is 3.17. The normalized spacial score (nSPS) is 11.0. The van der Waals surface area contributed by atoms with Crippen molar-refractivity contribution < 1.29 is 14.3 Å². The number of aromatic amines is 1. The summed E-state index contributed by atoms with van der Waals surface area (Å²) in [6, 6.07) is 7.16. The Kier molecular flexibility index (Phi) is 6.64. The number of hydrogen-bond donors (Lipinski definition) is 4. The zero-order valence-electron chi connectivity index (χ0n) is 14.2. The van der Waals surface area contributed by atoms with E-state index in [1.54, 1.807) is 20.3 Å². The van der Waals surface area contributed by atoms with Crippen LogP contribution in [0.3, 0.4) is 0 Å². The number of carbonyl (C=O) groups excluding carboxylic acids is 1. The van der Waals surface area contributed by atoms with Gasteiger partial charge in [-0.2, -0.15) is 5.10 Å². The summed E-state index contributed by atoms with van der Waals surface area (Å²) >= 11 is 0. The Bertz CT molecular complexity index is 715. The average molecular weight is 346 g/mol. The minimum atomic E-state index is -0.222. The molecule has 1 aromatic carbocycles. The van der Waals surface area contributed by atoms with E-state index in [-0.39, 0.29) is 5.91 Å². The highest BCUT2D eigenvalue weighted by Gasteiger charge is 2.05. The van der Waals surface area contributed by atoms with E-state index in [4.69, 9.17) is 15.2 Å². The summed E-state index contributed by atoms with van der Waals surface area (Å²) in [6.07, 6.45) is 1.52. The molecule has 0 aliphatic rings. The standard InChI is InChI=1S/C16H22N6O3/c1-24-13-4-3-11(9-14(13)25-2)10-20-16(17)19-8-7-18-15(23)12-5-6-21-22-12/h3-6,9H,7-8,10H2,1-2H3,(H,18,23)(H,21,22)(H3,17,19,20). The quantitative estimate of drug-likeness (QED) is 0.308. The Labute approximate surface area is 145 Å². The molecular formula is C16H22N6O3. The van der Waals surface area contributed by atoms with Crippen LogP contribution in [-0.4, -0.2) is 49.4 Å². The van der Waals surface area contributed by atoms with Gasteiger partial charge in [0.1, 0.15) is 5.69 Å². The summed E-state index contributed by atoms with van der Waals surface area (Å²) < 4.78 is 10.4. The lowest BCUT2D eigenvalue weighted by Crippen LogP contribution is -2.38. The fourth-order valence-corrected chi connectivity index (χ4v) is 2.06. The molecular weight excluding hydrogens is 324 g/mol. The number of aliphatic imine (C=N–C) groups is 1. The number of hydrogen-bond acceptors (Lipinski definition) is 5. The molecule has 0 radical (unpaired) electrons. The Morgan fingerprint density at radius 1 is 1.20 bits per heavy atom. The minimum Gasteiger partial charge on any atom is -0.493 e. The van der Waals surface area contributed by atoms with E-state index in [1.807, 2.05) is 18.2 Å². The van der Waals surface area contributed by atoms with E-state index in [2.05, 4.69) is 25.8 Å². The third-order valence-corrected chi connectivity index (χ3v) is 3.34. The number of ether oxygens (including phenoxy) is 2. The molecule has 0 saturated heterocycles. The third kappa shape index (κ3) is 5.41. The van der Waals surface area contributed by atoms with Crippen LogP contribution in [-0.2, 0) is 6.54 Å². The van der Waals surface area contributed by atoms with Gasteiger partial charge in [0.15, 0.2) is 17.5 Å². The van der Waals surface area contributed by atoms with E-state index in [0.29, 0.717) is 42.8 Å². The van der Waals surface area contributed by atoms with Crippen LogP contribution >= 0.6 is 0 Å². The van der Waals surface area contributed by atoms with E-state index >= 15 is 0 Å². The maximum Gasteiger partial charge on any atom is 0.269 e. The maximum absolute atomic E-state index is 11.7. The molecule has 0 aliphatic heterocycles. The zero-order valence-corrected chi connectivity index (χ0v) is 14.2. The first-order chi connectivity index (χ1) is 12.1. The second-order valence-electron chi connectivity index (χ2n) is 5.04. The molecule has 0 fully saturated rings. The number of benzene rings is 1. The molecule has 0 aliphatic carbocycles. The molecule has 25 heavy (non-hydrogen) atoms. The summed E-state index contributed by atoms with van der Waals surface area (Å²) in [5.74, 6) is 1.38. The SMILES string of the molecule is COc1ccc(CN=C(N)NCCNC(=O)c2ccn[nH]2)cc1OC. The smallest absolute Gasteiger partial charge is 0.269 e. The molecule has 134 valence electrons. The molecule has 1 amide bonds. The van der Waals surface area contributed by atoms with Crippen LogP contribution in [0.2, 0.25) is 0 Å². The van der Waals surface area contributed by atoms with Crippen LogP contribution in [0.25, 0.3) is 0 Å². The van der Waals surface area contributed by atoms with Gasteiger partial charge in [-0.15, -0.1) is 0 Å². The third-order valence-electron chi connectivity index (χ3n) is 3.34. The number of nitrogens with zero attached hydrogens (tertiary/aromatic N) is 2.